The summed E-state index contributed by atoms with van der Waals surface area (Å²) in [6, 6.07) is 0. The molecule has 54 valence electrons. The van der Waals surface area contributed by atoms with Crippen molar-refractivity contribution in [3.63, 3.8) is 0 Å². The molecule has 2 atom stereocenters. The molecular formula is C8H16O. The second-order valence-electron chi connectivity index (χ2n) is 3.28. The van der Waals surface area contributed by atoms with Crippen LogP contribution in [0.2, 0.25) is 0 Å². The smallest absolute Gasteiger partial charge is 0.0542 e. The molecule has 0 heterocycles. The van der Waals surface area contributed by atoms with E-state index in [9.17, 15) is 5.11 Å². The monoisotopic (exact) mass is 128 g/mol. The third kappa shape index (κ3) is 2.35. The molecule has 0 aromatic carbocycles. The summed E-state index contributed by atoms with van der Waals surface area (Å²) in [4.78, 5) is 0. The average molecular weight is 128 g/mol. The van der Waals surface area contributed by atoms with Gasteiger partial charge in [-0.2, -0.15) is 0 Å². The predicted octanol–water partition coefficient (Wildman–Crippen LogP) is 1.95. The first-order valence-corrected chi connectivity index (χ1v) is 3.97. The predicted molar refractivity (Wildman–Crippen MR) is 38.3 cm³/mol. The van der Waals surface area contributed by atoms with Crippen LogP contribution in [0.25, 0.3) is 0 Å². The van der Waals surface area contributed by atoms with Gasteiger partial charge in [0.25, 0.3) is 0 Å². The zero-order valence-corrected chi connectivity index (χ0v) is 6.14. The van der Waals surface area contributed by atoms with Crippen LogP contribution in [0.1, 0.15) is 39.0 Å². The minimum absolute atomic E-state index is 0.00231. The Morgan fingerprint density at radius 1 is 1.22 bits per heavy atom. The second kappa shape index (κ2) is 3.21. The lowest BCUT2D eigenvalue weighted by molar-refractivity contribution is 0.144. The van der Waals surface area contributed by atoms with Crippen LogP contribution >= 0.6 is 0 Å². The zero-order valence-electron chi connectivity index (χ0n) is 6.14. The normalized spacial score (nSPS) is 38.0. The van der Waals surface area contributed by atoms with Crippen molar-refractivity contribution in [1.82, 2.24) is 0 Å². The Bertz CT molecular complexity index is 70.6. The molecule has 1 N–H and O–H groups in total. The van der Waals surface area contributed by atoms with Crippen molar-refractivity contribution in [1.29, 1.82) is 0 Å². The quantitative estimate of drug-likeness (QED) is 0.494. The summed E-state index contributed by atoms with van der Waals surface area (Å²) >= 11 is 0. The van der Waals surface area contributed by atoms with Crippen LogP contribution in [-0.2, 0) is 0 Å². The van der Waals surface area contributed by atoms with Crippen molar-refractivity contribution < 1.29 is 5.11 Å². The molecule has 1 aliphatic carbocycles. The fourth-order valence-corrected chi connectivity index (χ4v) is 1.57. The van der Waals surface area contributed by atoms with E-state index in [-0.39, 0.29) is 6.10 Å². The highest BCUT2D eigenvalue weighted by Gasteiger charge is 2.13. The highest BCUT2D eigenvalue weighted by molar-refractivity contribution is 4.66. The molecule has 1 saturated carbocycles. The summed E-state index contributed by atoms with van der Waals surface area (Å²) < 4.78 is 0. The second-order valence-corrected chi connectivity index (χ2v) is 3.28. The van der Waals surface area contributed by atoms with Crippen molar-refractivity contribution in [3.8, 4) is 0 Å². The molecule has 0 amide bonds. The standard InChI is InChI=1S/C8H16O/c1-7-4-2-3-5-8(9)6-7/h7-9H,2-6H2,1H3/t7-,8+/m1/s1. The molecular weight excluding hydrogens is 112 g/mol. The summed E-state index contributed by atoms with van der Waals surface area (Å²) in [7, 11) is 0. The van der Waals surface area contributed by atoms with E-state index < -0.39 is 0 Å². The lowest BCUT2D eigenvalue weighted by Crippen LogP contribution is -2.07. The molecule has 1 heteroatoms. The Labute approximate surface area is 57.1 Å². The van der Waals surface area contributed by atoms with Crippen LogP contribution in [0.15, 0.2) is 0 Å². The summed E-state index contributed by atoms with van der Waals surface area (Å²) in [5, 5.41) is 9.26. The first-order chi connectivity index (χ1) is 4.29. The van der Waals surface area contributed by atoms with Crippen molar-refractivity contribution in [3.05, 3.63) is 0 Å². The molecule has 0 saturated heterocycles. The van der Waals surface area contributed by atoms with Crippen molar-refractivity contribution >= 4 is 0 Å². The molecule has 1 aliphatic rings. The molecule has 1 rings (SSSR count). The SMILES string of the molecule is C[C@@H]1CCCC[C@H](O)C1. The molecule has 0 aliphatic heterocycles. The molecule has 0 radical (unpaired) electrons. The van der Waals surface area contributed by atoms with Gasteiger partial charge >= 0.3 is 0 Å². The number of aliphatic hydroxyl groups excluding tert-OH is 1. The van der Waals surface area contributed by atoms with Gasteiger partial charge in [0.1, 0.15) is 0 Å². The Hall–Kier alpha value is -0.0400. The van der Waals surface area contributed by atoms with Crippen LogP contribution in [0, 0.1) is 5.92 Å². The fraction of sp³-hybridized carbons (Fsp3) is 1.00. The first kappa shape index (κ1) is 7.07. The van der Waals surface area contributed by atoms with E-state index >= 15 is 0 Å². The van der Waals surface area contributed by atoms with Gasteiger partial charge in [0, 0.05) is 0 Å². The van der Waals surface area contributed by atoms with Crippen LogP contribution in [-0.4, -0.2) is 11.2 Å². The zero-order chi connectivity index (χ0) is 6.69. The molecule has 1 nitrogen and oxygen atoms in total. The first-order valence-electron chi connectivity index (χ1n) is 3.97. The van der Waals surface area contributed by atoms with Gasteiger partial charge in [0.15, 0.2) is 0 Å². The van der Waals surface area contributed by atoms with E-state index in [0.717, 1.165) is 18.8 Å². The van der Waals surface area contributed by atoms with Gasteiger partial charge in [-0.25, -0.2) is 0 Å². The molecule has 0 spiro atoms. The van der Waals surface area contributed by atoms with E-state index in [4.69, 9.17) is 0 Å². The summed E-state index contributed by atoms with van der Waals surface area (Å²) in [5.41, 5.74) is 0. The number of hydrogen-bond acceptors (Lipinski definition) is 1. The average Bonchev–Trinajstić information content (AvgIpc) is 1.93. The number of hydrogen-bond donors (Lipinski definition) is 1. The summed E-state index contributed by atoms with van der Waals surface area (Å²) in [6.07, 6.45) is 5.92. The van der Waals surface area contributed by atoms with E-state index in [1.54, 1.807) is 0 Å². The van der Waals surface area contributed by atoms with E-state index in [2.05, 4.69) is 6.92 Å². The third-order valence-electron chi connectivity index (χ3n) is 2.16. The maximum absolute atomic E-state index is 9.26. The lowest BCUT2D eigenvalue weighted by Gasteiger charge is -2.09. The molecule has 0 aromatic rings. The Balaban J connectivity index is 2.29. The summed E-state index contributed by atoms with van der Waals surface area (Å²) in [5.74, 6) is 0.752. The Morgan fingerprint density at radius 2 is 1.89 bits per heavy atom. The van der Waals surface area contributed by atoms with Gasteiger partial charge in [0.05, 0.1) is 6.10 Å². The third-order valence-corrected chi connectivity index (χ3v) is 2.16. The van der Waals surface area contributed by atoms with Gasteiger partial charge in [-0.1, -0.05) is 26.2 Å². The minimum atomic E-state index is 0.00231. The van der Waals surface area contributed by atoms with E-state index in [1.165, 1.54) is 19.3 Å². The van der Waals surface area contributed by atoms with Crippen molar-refractivity contribution in [2.75, 3.05) is 0 Å². The van der Waals surface area contributed by atoms with Crippen LogP contribution in [0.3, 0.4) is 0 Å². The Morgan fingerprint density at radius 3 is 2.67 bits per heavy atom. The van der Waals surface area contributed by atoms with Gasteiger partial charge in [-0.15, -0.1) is 0 Å². The highest BCUT2D eigenvalue weighted by Crippen LogP contribution is 2.22. The van der Waals surface area contributed by atoms with Crippen molar-refractivity contribution in [2.24, 2.45) is 5.92 Å². The number of aliphatic hydroxyl groups is 1. The molecule has 0 bridgehead atoms. The number of rotatable bonds is 0. The molecule has 9 heavy (non-hydrogen) atoms. The molecule has 0 unspecified atom stereocenters. The largest absolute Gasteiger partial charge is 0.393 e. The van der Waals surface area contributed by atoms with Crippen LogP contribution in [0.4, 0.5) is 0 Å². The van der Waals surface area contributed by atoms with Gasteiger partial charge in [0.2, 0.25) is 0 Å². The lowest BCUT2D eigenvalue weighted by atomic mass is 10.0. The molecule has 1 fully saturated rings. The summed E-state index contributed by atoms with van der Waals surface area (Å²) in [6.45, 7) is 2.23. The van der Waals surface area contributed by atoms with Gasteiger partial charge in [-0.05, 0) is 18.8 Å². The van der Waals surface area contributed by atoms with Crippen molar-refractivity contribution in [2.45, 2.75) is 45.1 Å². The Kier molecular flexibility index (Phi) is 2.52. The maximum Gasteiger partial charge on any atom is 0.0542 e. The fourth-order valence-electron chi connectivity index (χ4n) is 1.57. The van der Waals surface area contributed by atoms with Gasteiger partial charge < -0.3 is 5.11 Å². The molecule has 0 aromatic heterocycles. The van der Waals surface area contributed by atoms with Crippen LogP contribution in [0.5, 0.6) is 0 Å². The highest BCUT2D eigenvalue weighted by atomic mass is 16.3. The van der Waals surface area contributed by atoms with Crippen LogP contribution < -0.4 is 0 Å². The van der Waals surface area contributed by atoms with Gasteiger partial charge in [-0.3, -0.25) is 0 Å². The topological polar surface area (TPSA) is 20.2 Å². The maximum atomic E-state index is 9.26. The van der Waals surface area contributed by atoms with E-state index in [0.29, 0.717) is 0 Å². The van der Waals surface area contributed by atoms with E-state index in [1.807, 2.05) is 0 Å². The minimum Gasteiger partial charge on any atom is -0.393 e.